The Hall–Kier alpha value is -4.38. The molecule has 5 nitrogen and oxygen atoms in total. The Morgan fingerprint density at radius 3 is 1.97 bits per heavy atom. The SMILES string of the molecule is Cc1ccc(-c2c3c(C)noc3nc3c4ccccc4c4nc5ccccc5nc4c23)cc1. The Labute approximate surface area is 188 Å². The molecule has 0 unspecified atom stereocenters. The molecule has 0 aliphatic carbocycles. The van der Waals surface area contributed by atoms with E-state index in [2.05, 4.69) is 48.5 Å². The van der Waals surface area contributed by atoms with E-state index < -0.39 is 0 Å². The molecule has 7 aromatic rings. The van der Waals surface area contributed by atoms with Gasteiger partial charge in [0, 0.05) is 21.7 Å². The molecule has 156 valence electrons. The van der Waals surface area contributed by atoms with Crippen molar-refractivity contribution in [2.45, 2.75) is 13.8 Å². The summed E-state index contributed by atoms with van der Waals surface area (Å²) < 4.78 is 5.68. The van der Waals surface area contributed by atoms with Gasteiger partial charge in [-0.25, -0.2) is 15.0 Å². The maximum atomic E-state index is 5.68. The number of pyridine rings is 1. The van der Waals surface area contributed by atoms with Crippen molar-refractivity contribution < 1.29 is 4.52 Å². The van der Waals surface area contributed by atoms with Crippen molar-refractivity contribution in [2.24, 2.45) is 0 Å². The number of aryl methyl sites for hydroxylation is 2. The van der Waals surface area contributed by atoms with Crippen LogP contribution in [0.2, 0.25) is 0 Å². The Kier molecular flexibility index (Phi) is 3.62. The molecule has 0 aliphatic heterocycles. The standard InChI is InChI=1S/C28H18N4O/c1-15-11-13-17(14-12-15)23-22-16(2)32-33-28(22)31-25-18-7-3-4-8-19(18)26-27(24(23)25)30-21-10-6-5-9-20(21)29-26/h3-14H,1-2H3. The molecule has 4 aromatic carbocycles. The van der Waals surface area contributed by atoms with Crippen LogP contribution < -0.4 is 0 Å². The number of hydrogen-bond donors (Lipinski definition) is 0. The molecule has 0 aliphatic rings. The summed E-state index contributed by atoms with van der Waals surface area (Å²) in [6.07, 6.45) is 0. The maximum Gasteiger partial charge on any atom is 0.259 e. The molecule has 0 bridgehead atoms. The quantitative estimate of drug-likeness (QED) is 0.211. The minimum absolute atomic E-state index is 0.536. The van der Waals surface area contributed by atoms with Crippen LogP contribution in [-0.2, 0) is 0 Å². The van der Waals surface area contributed by atoms with E-state index in [0.717, 1.165) is 65.9 Å². The van der Waals surface area contributed by atoms with Crippen molar-refractivity contribution in [3.05, 3.63) is 84.1 Å². The molecule has 7 rings (SSSR count). The minimum Gasteiger partial charge on any atom is -0.336 e. The Bertz CT molecular complexity index is 1880. The van der Waals surface area contributed by atoms with Crippen LogP contribution in [-0.4, -0.2) is 20.1 Å². The van der Waals surface area contributed by atoms with Crippen LogP contribution in [0, 0.1) is 13.8 Å². The number of nitrogens with zero attached hydrogens (tertiary/aromatic N) is 4. The van der Waals surface area contributed by atoms with Crippen LogP contribution in [0.25, 0.3) is 66.0 Å². The molecular formula is C28H18N4O. The third-order valence-corrected chi connectivity index (χ3v) is 6.38. The second-order valence-corrected chi connectivity index (χ2v) is 8.48. The highest BCUT2D eigenvalue weighted by atomic mass is 16.5. The Balaban J connectivity index is 1.84. The second kappa shape index (κ2) is 6.56. The van der Waals surface area contributed by atoms with Crippen molar-refractivity contribution in [1.29, 1.82) is 0 Å². The van der Waals surface area contributed by atoms with Gasteiger partial charge in [-0.3, -0.25) is 0 Å². The monoisotopic (exact) mass is 426 g/mol. The number of para-hydroxylation sites is 2. The van der Waals surface area contributed by atoms with Gasteiger partial charge in [-0.05, 0) is 31.5 Å². The van der Waals surface area contributed by atoms with Crippen molar-refractivity contribution in [1.82, 2.24) is 20.1 Å². The van der Waals surface area contributed by atoms with E-state index in [1.807, 2.05) is 43.3 Å². The highest BCUT2D eigenvalue weighted by Crippen LogP contribution is 2.42. The number of rotatable bonds is 1. The number of fused-ring (bicyclic) bond motifs is 8. The molecular weight excluding hydrogens is 408 g/mol. The topological polar surface area (TPSA) is 64.7 Å². The third kappa shape index (κ3) is 2.53. The number of hydrogen-bond acceptors (Lipinski definition) is 5. The summed E-state index contributed by atoms with van der Waals surface area (Å²) in [4.78, 5) is 15.2. The van der Waals surface area contributed by atoms with E-state index in [1.165, 1.54) is 5.56 Å². The van der Waals surface area contributed by atoms with Crippen LogP contribution in [0.1, 0.15) is 11.3 Å². The average Bonchev–Trinajstić information content (AvgIpc) is 3.23. The molecule has 0 radical (unpaired) electrons. The maximum absolute atomic E-state index is 5.68. The van der Waals surface area contributed by atoms with E-state index in [0.29, 0.717) is 5.71 Å². The predicted molar refractivity (Wildman–Crippen MR) is 132 cm³/mol. The van der Waals surface area contributed by atoms with Crippen LogP contribution in [0.4, 0.5) is 0 Å². The van der Waals surface area contributed by atoms with Gasteiger partial charge in [0.15, 0.2) is 0 Å². The molecule has 3 heterocycles. The normalized spacial score (nSPS) is 11.9. The zero-order chi connectivity index (χ0) is 22.1. The minimum atomic E-state index is 0.536. The van der Waals surface area contributed by atoms with Crippen LogP contribution in [0.5, 0.6) is 0 Å². The second-order valence-electron chi connectivity index (χ2n) is 8.48. The fraction of sp³-hybridized carbons (Fsp3) is 0.0714. The molecule has 5 heteroatoms. The van der Waals surface area contributed by atoms with Crippen molar-refractivity contribution in [3.63, 3.8) is 0 Å². The largest absolute Gasteiger partial charge is 0.336 e. The van der Waals surface area contributed by atoms with Gasteiger partial charge in [-0.15, -0.1) is 0 Å². The molecule has 3 aromatic heterocycles. The van der Waals surface area contributed by atoms with Crippen molar-refractivity contribution in [2.75, 3.05) is 0 Å². The fourth-order valence-electron chi connectivity index (χ4n) is 4.82. The van der Waals surface area contributed by atoms with Gasteiger partial charge in [-0.2, -0.15) is 0 Å². The summed E-state index contributed by atoms with van der Waals surface area (Å²) >= 11 is 0. The Morgan fingerprint density at radius 2 is 1.24 bits per heavy atom. The van der Waals surface area contributed by atoms with E-state index in [9.17, 15) is 0 Å². The van der Waals surface area contributed by atoms with Gasteiger partial charge in [0.2, 0.25) is 0 Å². The van der Waals surface area contributed by atoms with E-state index in [4.69, 9.17) is 19.5 Å². The zero-order valence-electron chi connectivity index (χ0n) is 18.1. The van der Waals surface area contributed by atoms with E-state index >= 15 is 0 Å². The molecule has 0 amide bonds. The summed E-state index contributed by atoms with van der Waals surface area (Å²) in [5.74, 6) is 0. The number of aromatic nitrogens is 4. The summed E-state index contributed by atoms with van der Waals surface area (Å²) in [6.45, 7) is 4.05. The third-order valence-electron chi connectivity index (χ3n) is 6.38. The van der Waals surface area contributed by atoms with Gasteiger partial charge in [0.25, 0.3) is 5.71 Å². The highest BCUT2D eigenvalue weighted by Gasteiger charge is 2.22. The van der Waals surface area contributed by atoms with Crippen molar-refractivity contribution >= 4 is 54.8 Å². The Morgan fingerprint density at radius 1 is 0.606 bits per heavy atom. The smallest absolute Gasteiger partial charge is 0.259 e. The molecule has 0 fully saturated rings. The van der Waals surface area contributed by atoms with Gasteiger partial charge in [0.05, 0.1) is 33.1 Å². The lowest BCUT2D eigenvalue weighted by Crippen LogP contribution is -1.96. The molecule has 0 saturated heterocycles. The van der Waals surface area contributed by atoms with E-state index in [1.54, 1.807) is 0 Å². The summed E-state index contributed by atoms with van der Waals surface area (Å²) in [6, 6.07) is 24.8. The lowest BCUT2D eigenvalue weighted by atomic mass is 9.93. The lowest BCUT2D eigenvalue weighted by Gasteiger charge is -2.14. The highest BCUT2D eigenvalue weighted by molar-refractivity contribution is 6.28. The molecule has 0 N–H and O–H groups in total. The zero-order valence-corrected chi connectivity index (χ0v) is 18.1. The summed E-state index contributed by atoms with van der Waals surface area (Å²) in [5.41, 5.74) is 8.97. The first-order chi connectivity index (χ1) is 16.2. The molecule has 0 spiro atoms. The first-order valence-corrected chi connectivity index (χ1v) is 10.9. The molecule has 0 atom stereocenters. The van der Waals surface area contributed by atoms with Gasteiger partial charge >= 0.3 is 0 Å². The fourth-order valence-corrected chi connectivity index (χ4v) is 4.82. The van der Waals surface area contributed by atoms with Crippen LogP contribution in [0.3, 0.4) is 0 Å². The van der Waals surface area contributed by atoms with Crippen molar-refractivity contribution in [3.8, 4) is 11.1 Å². The summed E-state index contributed by atoms with van der Waals surface area (Å²) in [5, 5.41) is 8.20. The van der Waals surface area contributed by atoms with E-state index in [-0.39, 0.29) is 0 Å². The summed E-state index contributed by atoms with van der Waals surface area (Å²) in [7, 11) is 0. The van der Waals surface area contributed by atoms with Gasteiger partial charge < -0.3 is 4.52 Å². The predicted octanol–water partition coefficient (Wildman–Crippen LogP) is 6.91. The lowest BCUT2D eigenvalue weighted by molar-refractivity contribution is 0.443. The van der Waals surface area contributed by atoms with Crippen LogP contribution >= 0.6 is 0 Å². The molecule has 0 saturated carbocycles. The first-order valence-electron chi connectivity index (χ1n) is 10.9. The first kappa shape index (κ1) is 18.2. The van der Waals surface area contributed by atoms with Crippen LogP contribution in [0.15, 0.2) is 77.3 Å². The molecule has 33 heavy (non-hydrogen) atoms. The number of benzene rings is 4. The average molecular weight is 426 g/mol. The van der Waals surface area contributed by atoms with Gasteiger partial charge in [0.1, 0.15) is 5.52 Å². The van der Waals surface area contributed by atoms with Gasteiger partial charge in [-0.1, -0.05) is 71.4 Å².